The van der Waals surface area contributed by atoms with Gasteiger partial charge in [0.1, 0.15) is 17.9 Å². The molecule has 0 radical (unpaired) electrons. The third kappa shape index (κ3) is 4.78. The number of carbonyl (C=O) groups excluding carboxylic acids is 3. The van der Waals surface area contributed by atoms with E-state index in [-0.39, 0.29) is 19.0 Å². The number of carbonyl (C=O) groups is 3. The lowest BCUT2D eigenvalue weighted by atomic mass is 9.92. The van der Waals surface area contributed by atoms with Crippen molar-refractivity contribution >= 4 is 30.3 Å². The summed E-state index contributed by atoms with van der Waals surface area (Å²) in [5, 5.41) is 8.60. The molecule has 10 heteroatoms. The number of hydrogen-bond donors (Lipinski definition) is 3. The average molecular weight is 414 g/mol. The van der Waals surface area contributed by atoms with Crippen LogP contribution in [-0.4, -0.2) is 73.5 Å². The molecule has 2 heterocycles. The van der Waals surface area contributed by atoms with Gasteiger partial charge in [0.05, 0.1) is 0 Å². The minimum absolute atomic E-state index is 0. The zero-order valence-electron chi connectivity index (χ0n) is 15.7. The zero-order chi connectivity index (χ0) is 19.4. The van der Waals surface area contributed by atoms with Crippen LogP contribution in [0, 0.1) is 5.82 Å². The van der Waals surface area contributed by atoms with Crippen LogP contribution in [0.15, 0.2) is 24.3 Å². The van der Waals surface area contributed by atoms with Crippen LogP contribution in [0.2, 0.25) is 0 Å². The molecule has 8 nitrogen and oxygen atoms in total. The second kappa shape index (κ2) is 9.31. The number of nitrogens with one attached hydrogen (secondary N) is 3. The van der Waals surface area contributed by atoms with Crippen molar-refractivity contribution < 1.29 is 18.8 Å². The first-order valence-corrected chi connectivity index (χ1v) is 9.00. The molecule has 154 valence electrons. The summed E-state index contributed by atoms with van der Waals surface area (Å²) >= 11 is 0. The highest BCUT2D eigenvalue weighted by molar-refractivity contribution is 6.09. The summed E-state index contributed by atoms with van der Waals surface area (Å²) in [7, 11) is 0. The molecular formula is C18H25ClFN5O3. The molecule has 0 bridgehead atoms. The van der Waals surface area contributed by atoms with E-state index in [1.54, 1.807) is 6.92 Å². The Morgan fingerprint density at radius 1 is 1.21 bits per heavy atom. The molecule has 1 unspecified atom stereocenters. The van der Waals surface area contributed by atoms with Gasteiger partial charge in [-0.15, -0.1) is 12.4 Å². The van der Waals surface area contributed by atoms with Crippen molar-refractivity contribution in [3.63, 3.8) is 0 Å². The van der Waals surface area contributed by atoms with E-state index >= 15 is 0 Å². The fourth-order valence-electron chi connectivity index (χ4n) is 3.31. The van der Waals surface area contributed by atoms with Crippen LogP contribution >= 0.6 is 12.4 Å². The van der Waals surface area contributed by atoms with Gasteiger partial charge in [-0.05, 0) is 24.6 Å². The third-order valence-corrected chi connectivity index (χ3v) is 4.96. The van der Waals surface area contributed by atoms with Gasteiger partial charge in [0.2, 0.25) is 5.91 Å². The van der Waals surface area contributed by atoms with Gasteiger partial charge in [0.15, 0.2) is 0 Å². The summed E-state index contributed by atoms with van der Waals surface area (Å²) in [4.78, 5) is 40.2. The van der Waals surface area contributed by atoms with Crippen molar-refractivity contribution in [2.45, 2.75) is 12.5 Å². The molecule has 2 saturated heterocycles. The summed E-state index contributed by atoms with van der Waals surface area (Å²) in [5.74, 6) is -1.35. The predicted molar refractivity (Wildman–Crippen MR) is 104 cm³/mol. The van der Waals surface area contributed by atoms with E-state index in [0.29, 0.717) is 12.1 Å². The number of halogens is 2. The standard InChI is InChI=1S/C18H24FN5O3.ClH/c1-18(13-2-4-14(19)5-3-13)16(26)24(17(27)22-18)12-15(25)21-8-11-23-9-6-20-7-10-23;/h2-5,20H,6-12H2,1H3,(H,21,25)(H,22,27);1H. The van der Waals surface area contributed by atoms with E-state index in [2.05, 4.69) is 20.9 Å². The van der Waals surface area contributed by atoms with Crippen LogP contribution < -0.4 is 16.0 Å². The topological polar surface area (TPSA) is 93.8 Å². The molecule has 2 aliphatic heterocycles. The quantitative estimate of drug-likeness (QED) is 0.572. The predicted octanol–water partition coefficient (Wildman–Crippen LogP) is 0.0359. The van der Waals surface area contributed by atoms with E-state index in [1.807, 2.05) is 0 Å². The lowest BCUT2D eigenvalue weighted by Crippen LogP contribution is -2.47. The number of urea groups is 1. The minimum atomic E-state index is -1.31. The first kappa shape index (κ1) is 22.1. The molecular weight excluding hydrogens is 389 g/mol. The molecule has 2 fully saturated rings. The Morgan fingerprint density at radius 2 is 1.86 bits per heavy atom. The second-order valence-corrected chi connectivity index (χ2v) is 6.89. The Labute approximate surface area is 169 Å². The van der Waals surface area contributed by atoms with E-state index in [0.717, 1.165) is 37.6 Å². The van der Waals surface area contributed by atoms with Crippen molar-refractivity contribution in [1.82, 2.24) is 25.8 Å². The number of hydrogen-bond acceptors (Lipinski definition) is 5. The summed E-state index contributed by atoms with van der Waals surface area (Å²) < 4.78 is 13.1. The molecule has 3 rings (SSSR count). The van der Waals surface area contributed by atoms with Crippen LogP contribution in [0.4, 0.5) is 9.18 Å². The average Bonchev–Trinajstić information content (AvgIpc) is 2.87. The van der Waals surface area contributed by atoms with Crippen LogP contribution in [0.1, 0.15) is 12.5 Å². The van der Waals surface area contributed by atoms with Crippen molar-refractivity contribution in [3.05, 3.63) is 35.6 Å². The molecule has 0 aromatic heterocycles. The van der Waals surface area contributed by atoms with Crippen molar-refractivity contribution in [1.29, 1.82) is 0 Å². The summed E-state index contributed by atoms with van der Waals surface area (Å²) in [6, 6.07) is 4.72. The second-order valence-electron chi connectivity index (χ2n) is 6.89. The van der Waals surface area contributed by atoms with Gasteiger partial charge in [0, 0.05) is 39.3 Å². The number of nitrogens with zero attached hydrogens (tertiary/aromatic N) is 2. The van der Waals surface area contributed by atoms with E-state index in [1.165, 1.54) is 24.3 Å². The Morgan fingerprint density at radius 3 is 2.50 bits per heavy atom. The Kier molecular flexibility index (Phi) is 7.34. The normalized spacial score (nSPS) is 22.6. The maximum Gasteiger partial charge on any atom is 0.325 e. The van der Waals surface area contributed by atoms with Crippen LogP contribution in [-0.2, 0) is 15.1 Å². The van der Waals surface area contributed by atoms with E-state index < -0.39 is 29.2 Å². The molecule has 0 saturated carbocycles. The minimum Gasteiger partial charge on any atom is -0.353 e. The number of piperazine rings is 1. The fourth-order valence-corrected chi connectivity index (χ4v) is 3.31. The molecule has 1 aromatic carbocycles. The SMILES string of the molecule is CC1(c2ccc(F)cc2)NC(=O)N(CC(=O)NCCN2CCNCC2)C1=O.Cl. The third-order valence-electron chi connectivity index (χ3n) is 4.96. The highest BCUT2D eigenvalue weighted by Gasteiger charge is 2.49. The Hall–Kier alpha value is -2.23. The van der Waals surface area contributed by atoms with Gasteiger partial charge < -0.3 is 16.0 Å². The molecule has 0 aliphatic carbocycles. The first-order valence-electron chi connectivity index (χ1n) is 9.00. The summed E-state index contributed by atoms with van der Waals surface area (Å²) in [5.41, 5.74) is -0.852. The summed E-state index contributed by atoms with van der Waals surface area (Å²) in [6.45, 7) is 6.10. The molecule has 0 spiro atoms. The van der Waals surface area contributed by atoms with Gasteiger partial charge in [0.25, 0.3) is 5.91 Å². The monoisotopic (exact) mass is 413 g/mol. The number of imide groups is 1. The van der Waals surface area contributed by atoms with Crippen molar-refractivity contribution in [3.8, 4) is 0 Å². The molecule has 3 N–H and O–H groups in total. The van der Waals surface area contributed by atoms with Gasteiger partial charge in [-0.1, -0.05) is 12.1 Å². The summed E-state index contributed by atoms with van der Waals surface area (Å²) in [6.07, 6.45) is 0. The highest BCUT2D eigenvalue weighted by atomic mass is 35.5. The maximum atomic E-state index is 13.1. The molecule has 28 heavy (non-hydrogen) atoms. The molecule has 1 atom stereocenters. The molecule has 4 amide bonds. The smallest absolute Gasteiger partial charge is 0.325 e. The molecule has 2 aliphatic rings. The van der Waals surface area contributed by atoms with Crippen molar-refractivity contribution in [2.24, 2.45) is 0 Å². The largest absolute Gasteiger partial charge is 0.353 e. The van der Waals surface area contributed by atoms with Gasteiger partial charge in [-0.25, -0.2) is 9.18 Å². The zero-order valence-corrected chi connectivity index (χ0v) is 16.5. The van der Waals surface area contributed by atoms with Crippen LogP contribution in [0.25, 0.3) is 0 Å². The number of rotatable bonds is 6. The van der Waals surface area contributed by atoms with E-state index in [4.69, 9.17) is 0 Å². The highest BCUT2D eigenvalue weighted by Crippen LogP contribution is 2.28. The lowest BCUT2D eigenvalue weighted by molar-refractivity contribution is -0.134. The van der Waals surface area contributed by atoms with E-state index in [9.17, 15) is 18.8 Å². The first-order chi connectivity index (χ1) is 12.9. The Bertz CT molecular complexity index is 726. The van der Waals surface area contributed by atoms with Gasteiger partial charge in [-0.3, -0.25) is 19.4 Å². The number of amides is 4. The number of benzene rings is 1. The lowest BCUT2D eigenvalue weighted by Gasteiger charge is -2.27. The van der Waals surface area contributed by atoms with Crippen LogP contribution in [0.3, 0.4) is 0 Å². The van der Waals surface area contributed by atoms with Crippen LogP contribution in [0.5, 0.6) is 0 Å². The van der Waals surface area contributed by atoms with Gasteiger partial charge in [-0.2, -0.15) is 0 Å². The van der Waals surface area contributed by atoms with Gasteiger partial charge >= 0.3 is 6.03 Å². The maximum absolute atomic E-state index is 13.1. The molecule has 1 aromatic rings. The fraction of sp³-hybridized carbons (Fsp3) is 0.500. The van der Waals surface area contributed by atoms with Crippen molar-refractivity contribution in [2.75, 3.05) is 45.8 Å². The Balaban J connectivity index is 0.00000280.